The Labute approximate surface area is 160 Å². The zero-order chi connectivity index (χ0) is 19.9. The van der Waals surface area contributed by atoms with Gasteiger partial charge in [-0.25, -0.2) is 4.79 Å². The van der Waals surface area contributed by atoms with Gasteiger partial charge in [0.15, 0.2) is 5.78 Å². The van der Waals surface area contributed by atoms with E-state index in [1.54, 1.807) is 18.2 Å². The van der Waals surface area contributed by atoms with Crippen LogP contribution in [0.25, 0.3) is 0 Å². The molecule has 1 atom stereocenters. The molecule has 0 aliphatic heterocycles. The molecule has 0 radical (unpaired) electrons. The van der Waals surface area contributed by atoms with Gasteiger partial charge in [0.2, 0.25) is 5.91 Å². The molecule has 0 unspecified atom stereocenters. The van der Waals surface area contributed by atoms with Crippen molar-refractivity contribution in [1.29, 1.82) is 0 Å². The van der Waals surface area contributed by atoms with Gasteiger partial charge in [-0.05, 0) is 17.5 Å². The summed E-state index contributed by atoms with van der Waals surface area (Å²) >= 11 is 1.52. The maximum Gasteiger partial charge on any atom is 0.326 e. The van der Waals surface area contributed by atoms with E-state index in [0.29, 0.717) is 11.3 Å². The minimum Gasteiger partial charge on any atom is -0.480 e. The van der Waals surface area contributed by atoms with Crippen LogP contribution in [-0.4, -0.2) is 54.6 Å². The van der Waals surface area contributed by atoms with Gasteiger partial charge in [0, 0.05) is 24.8 Å². The van der Waals surface area contributed by atoms with Crippen LogP contribution in [0.15, 0.2) is 40.9 Å². The van der Waals surface area contributed by atoms with Gasteiger partial charge in [-0.2, -0.15) is 0 Å². The number of hydrogen-bond acceptors (Lipinski definition) is 4. The zero-order valence-electron chi connectivity index (χ0n) is 16.0. The summed E-state index contributed by atoms with van der Waals surface area (Å²) in [5.41, 5.74) is 0.648. The van der Waals surface area contributed by atoms with Gasteiger partial charge in [0.05, 0.1) is 8.07 Å². The van der Waals surface area contributed by atoms with Crippen molar-refractivity contribution >= 4 is 37.5 Å². The second-order valence-corrected chi connectivity index (χ2v) is 13.6. The summed E-state index contributed by atoms with van der Waals surface area (Å²) in [7, 11) is -0.237. The number of hydrogen-bond donors (Lipinski definition) is 1. The van der Waals surface area contributed by atoms with E-state index in [0.717, 1.165) is 4.53 Å². The van der Waals surface area contributed by atoms with Crippen LogP contribution in [0.3, 0.4) is 0 Å². The molecule has 7 heteroatoms. The second-order valence-electron chi connectivity index (χ2n) is 7.11. The highest BCUT2D eigenvalue weighted by Gasteiger charge is 2.24. The van der Waals surface area contributed by atoms with E-state index in [1.807, 2.05) is 18.2 Å². The second kappa shape index (κ2) is 9.73. The number of amides is 1. The Kier molecular flexibility index (Phi) is 8.30. The van der Waals surface area contributed by atoms with E-state index in [4.69, 9.17) is 5.11 Å². The number of likely N-dealkylation sites (N-methyl/N-ethyl adjacent to an activating group) is 1. The van der Waals surface area contributed by atoms with Crippen molar-refractivity contribution in [1.82, 2.24) is 4.90 Å². The Morgan fingerprint density at radius 2 is 1.77 bits per heavy atom. The van der Waals surface area contributed by atoms with Crippen LogP contribution in [-0.2, 0) is 9.59 Å². The Hall–Kier alpha value is -1.86. The smallest absolute Gasteiger partial charge is 0.326 e. The summed E-state index contributed by atoms with van der Waals surface area (Å²) in [5, 5.41) is 8.99. The topological polar surface area (TPSA) is 74.7 Å². The summed E-state index contributed by atoms with van der Waals surface area (Å²) in [4.78, 5) is 36.8. The quantitative estimate of drug-likeness (QED) is 0.393. The van der Waals surface area contributed by atoms with Gasteiger partial charge in [-0.15, -0.1) is 11.8 Å². The fourth-order valence-electron chi connectivity index (χ4n) is 2.09. The molecule has 0 spiro atoms. The third-order valence-corrected chi connectivity index (χ3v) is 8.69. The predicted molar refractivity (Wildman–Crippen MR) is 109 cm³/mol. The summed E-state index contributed by atoms with van der Waals surface area (Å²) < 4.78 is 1.04. The molecule has 0 aliphatic carbocycles. The molecule has 26 heavy (non-hydrogen) atoms. The number of allylic oxidation sites excluding steroid dienone is 1. The van der Waals surface area contributed by atoms with Gasteiger partial charge >= 0.3 is 5.97 Å². The lowest BCUT2D eigenvalue weighted by Crippen LogP contribution is -2.40. The number of benzene rings is 1. The standard InChI is InChI=1S/C19H27NO4SSi/c1-14(19(23)24)20(2)17(22)11-12-25-18(26(3,4)5)13-16(21)15-9-7-6-8-10-15/h6-10,13-14H,11-12H2,1-5H3,(H,23,24)/b18-13-/t14-/m0/s1. The molecule has 1 aromatic carbocycles. The Balaban J connectivity index is 2.75. The number of aliphatic carboxylic acids is 1. The summed E-state index contributed by atoms with van der Waals surface area (Å²) in [5.74, 6) is -0.743. The molecule has 0 aromatic heterocycles. The van der Waals surface area contributed by atoms with E-state index < -0.39 is 20.1 Å². The lowest BCUT2D eigenvalue weighted by Gasteiger charge is -2.23. The lowest BCUT2D eigenvalue weighted by molar-refractivity contribution is -0.148. The highest BCUT2D eigenvalue weighted by atomic mass is 32.2. The fourth-order valence-corrected chi connectivity index (χ4v) is 5.38. The number of carboxylic acids is 1. The van der Waals surface area contributed by atoms with E-state index in [2.05, 4.69) is 19.6 Å². The number of ketones is 1. The molecule has 0 saturated heterocycles. The molecule has 0 saturated carbocycles. The molecule has 1 rings (SSSR count). The fraction of sp³-hybridized carbons (Fsp3) is 0.421. The lowest BCUT2D eigenvalue weighted by atomic mass is 10.1. The molecule has 0 bridgehead atoms. The molecule has 0 heterocycles. The van der Waals surface area contributed by atoms with E-state index in [9.17, 15) is 14.4 Å². The maximum absolute atomic E-state index is 12.5. The normalized spacial score (nSPS) is 13.2. The highest BCUT2D eigenvalue weighted by Crippen LogP contribution is 2.28. The maximum atomic E-state index is 12.5. The number of thioether (sulfide) groups is 1. The van der Waals surface area contributed by atoms with Crippen LogP contribution in [0.5, 0.6) is 0 Å². The first kappa shape index (κ1) is 22.2. The van der Waals surface area contributed by atoms with Crippen LogP contribution in [0.4, 0.5) is 0 Å². The Morgan fingerprint density at radius 3 is 2.27 bits per heavy atom. The first-order valence-corrected chi connectivity index (χ1v) is 13.0. The van der Waals surface area contributed by atoms with Crippen molar-refractivity contribution in [2.75, 3.05) is 12.8 Å². The predicted octanol–water partition coefficient (Wildman–Crippen LogP) is 3.69. The van der Waals surface area contributed by atoms with Gasteiger partial charge in [-0.3, -0.25) is 9.59 Å². The van der Waals surface area contributed by atoms with E-state index >= 15 is 0 Å². The van der Waals surface area contributed by atoms with E-state index in [1.165, 1.54) is 30.6 Å². The van der Waals surface area contributed by atoms with Gasteiger partial charge in [0.25, 0.3) is 0 Å². The van der Waals surface area contributed by atoms with E-state index in [-0.39, 0.29) is 18.1 Å². The van der Waals surface area contributed by atoms with Crippen molar-refractivity contribution in [3.63, 3.8) is 0 Å². The number of carbonyl (C=O) groups excluding carboxylic acids is 2. The first-order chi connectivity index (χ1) is 12.0. The molecular weight excluding hydrogens is 366 g/mol. The molecule has 5 nitrogen and oxygen atoms in total. The van der Waals surface area contributed by atoms with Crippen LogP contribution < -0.4 is 0 Å². The average Bonchev–Trinajstić information content (AvgIpc) is 2.58. The summed E-state index contributed by atoms with van der Waals surface area (Å²) in [6.07, 6.45) is 1.93. The molecule has 1 N–H and O–H groups in total. The first-order valence-electron chi connectivity index (χ1n) is 8.47. The molecule has 0 aliphatic rings. The van der Waals surface area contributed by atoms with Crippen molar-refractivity contribution in [2.45, 2.75) is 39.0 Å². The molecule has 1 aromatic rings. The van der Waals surface area contributed by atoms with Gasteiger partial charge in [0.1, 0.15) is 6.04 Å². The number of rotatable bonds is 9. The largest absolute Gasteiger partial charge is 0.480 e. The summed E-state index contributed by atoms with van der Waals surface area (Å²) in [6, 6.07) is 8.27. The van der Waals surface area contributed by atoms with Gasteiger partial charge in [-0.1, -0.05) is 50.0 Å². The van der Waals surface area contributed by atoms with Crippen LogP contribution >= 0.6 is 11.8 Å². The minimum atomic E-state index is -1.74. The van der Waals surface area contributed by atoms with Crippen molar-refractivity contribution < 1.29 is 19.5 Å². The van der Waals surface area contributed by atoms with Crippen LogP contribution in [0.2, 0.25) is 19.6 Å². The SMILES string of the molecule is C[C@@H](C(=O)O)N(C)C(=O)CCS/C(=C/C(=O)c1ccccc1)[Si](C)(C)C. The summed E-state index contributed by atoms with van der Waals surface area (Å²) in [6.45, 7) is 7.96. The monoisotopic (exact) mass is 393 g/mol. The minimum absolute atomic E-state index is 0.0292. The third-order valence-electron chi connectivity index (χ3n) is 3.96. The van der Waals surface area contributed by atoms with Gasteiger partial charge < -0.3 is 10.0 Å². The Morgan fingerprint density at radius 1 is 1.19 bits per heavy atom. The van der Waals surface area contributed by atoms with Crippen molar-refractivity contribution in [2.24, 2.45) is 0 Å². The van der Waals surface area contributed by atoms with Crippen LogP contribution in [0, 0.1) is 0 Å². The number of carbonyl (C=O) groups is 3. The van der Waals surface area contributed by atoms with Crippen molar-refractivity contribution in [3.8, 4) is 0 Å². The van der Waals surface area contributed by atoms with Crippen molar-refractivity contribution in [3.05, 3.63) is 46.5 Å². The Bertz CT molecular complexity index is 683. The highest BCUT2D eigenvalue weighted by molar-refractivity contribution is 8.05. The van der Waals surface area contributed by atoms with Crippen LogP contribution in [0.1, 0.15) is 23.7 Å². The zero-order valence-corrected chi connectivity index (χ0v) is 17.8. The third kappa shape index (κ3) is 6.80. The molecule has 1 amide bonds. The molecular formula is C19H27NO4SSi. The molecule has 142 valence electrons. The average molecular weight is 394 g/mol. The molecule has 0 fully saturated rings. The number of nitrogens with zero attached hydrogens (tertiary/aromatic N) is 1. The number of carboxylic acid groups (broad SMARTS) is 1.